The van der Waals surface area contributed by atoms with E-state index in [0.29, 0.717) is 0 Å². The molecule has 0 bridgehead atoms. The van der Waals surface area contributed by atoms with Gasteiger partial charge >= 0.3 is 0 Å². The van der Waals surface area contributed by atoms with Crippen LogP contribution >= 0.6 is 0 Å². The second kappa shape index (κ2) is 3.46. The molecule has 0 aromatic carbocycles. The summed E-state index contributed by atoms with van der Waals surface area (Å²) >= 11 is 0. The van der Waals surface area contributed by atoms with Gasteiger partial charge in [-0.2, -0.15) is 0 Å². The summed E-state index contributed by atoms with van der Waals surface area (Å²) in [4.78, 5) is 0. The van der Waals surface area contributed by atoms with Crippen molar-refractivity contribution in [3.05, 3.63) is 12.2 Å². The van der Waals surface area contributed by atoms with E-state index in [4.69, 9.17) is 6.42 Å². The minimum atomic E-state index is 0.742. The van der Waals surface area contributed by atoms with Gasteiger partial charge in [-0.25, -0.2) is 0 Å². The Morgan fingerprint density at radius 2 is 2.50 bits per heavy atom. The van der Waals surface area contributed by atoms with E-state index in [1.165, 1.54) is 31.3 Å². The number of rotatable bonds is 1. The summed E-state index contributed by atoms with van der Waals surface area (Å²) in [5.41, 5.74) is 1.39. The molecule has 0 aliphatic heterocycles. The van der Waals surface area contributed by atoms with E-state index in [1.807, 2.05) is 0 Å². The number of allylic oxidation sites excluding steroid dienone is 1. The van der Waals surface area contributed by atoms with Crippen molar-refractivity contribution in [2.24, 2.45) is 5.92 Å². The van der Waals surface area contributed by atoms with Crippen LogP contribution in [0.2, 0.25) is 0 Å². The molecular formula is C10H14. The molecule has 0 saturated heterocycles. The second-order valence-corrected chi connectivity index (χ2v) is 3.12. The Bertz CT molecular complexity index is 159. The van der Waals surface area contributed by atoms with Crippen LogP contribution in [-0.2, 0) is 0 Å². The highest BCUT2D eigenvalue weighted by Gasteiger charge is 2.13. The Kier molecular flexibility index (Phi) is 2.57. The third-order valence-corrected chi connectivity index (χ3v) is 2.13. The molecule has 0 aromatic heterocycles. The van der Waals surface area contributed by atoms with Crippen LogP contribution in [0.15, 0.2) is 12.2 Å². The zero-order chi connectivity index (χ0) is 7.40. The molecule has 1 aliphatic carbocycles. The van der Waals surface area contributed by atoms with Crippen LogP contribution < -0.4 is 0 Å². The number of hydrogen-bond acceptors (Lipinski definition) is 0. The smallest absolute Gasteiger partial charge is 0.0117 e. The number of hydrogen-bond donors (Lipinski definition) is 0. The maximum absolute atomic E-state index is 5.23. The molecule has 0 heterocycles. The first-order valence-corrected chi connectivity index (χ1v) is 3.93. The highest BCUT2D eigenvalue weighted by atomic mass is 14.2. The fourth-order valence-corrected chi connectivity index (χ4v) is 1.59. The monoisotopic (exact) mass is 134 g/mol. The Morgan fingerprint density at radius 1 is 1.70 bits per heavy atom. The lowest BCUT2D eigenvalue weighted by Gasteiger charge is -2.21. The van der Waals surface area contributed by atoms with Crippen molar-refractivity contribution in [1.29, 1.82) is 0 Å². The van der Waals surface area contributed by atoms with Gasteiger partial charge in [0, 0.05) is 6.42 Å². The van der Waals surface area contributed by atoms with E-state index < -0.39 is 0 Å². The third kappa shape index (κ3) is 1.92. The quantitative estimate of drug-likeness (QED) is 0.382. The van der Waals surface area contributed by atoms with Crippen LogP contribution in [0.5, 0.6) is 0 Å². The molecule has 1 saturated carbocycles. The molecule has 1 unspecified atom stereocenters. The summed E-state index contributed by atoms with van der Waals surface area (Å²) in [6.07, 6.45) is 11.2. The maximum atomic E-state index is 5.23. The lowest BCUT2D eigenvalue weighted by Crippen LogP contribution is -2.06. The first kappa shape index (κ1) is 7.41. The molecule has 1 fully saturated rings. The zero-order valence-electron chi connectivity index (χ0n) is 6.40. The van der Waals surface area contributed by atoms with Crippen LogP contribution in [0.25, 0.3) is 0 Å². The predicted molar refractivity (Wildman–Crippen MR) is 44.5 cm³/mol. The molecule has 0 heteroatoms. The standard InChI is InChI=1S/C10H14/c1-3-5-10-7-4-6-9(2)8-10/h1,10H,2,4-8H2. The van der Waals surface area contributed by atoms with Gasteiger partial charge in [0.25, 0.3) is 0 Å². The van der Waals surface area contributed by atoms with Crippen LogP contribution in [-0.4, -0.2) is 0 Å². The molecule has 1 aliphatic rings. The van der Waals surface area contributed by atoms with E-state index in [2.05, 4.69) is 12.5 Å². The van der Waals surface area contributed by atoms with Crippen LogP contribution in [0, 0.1) is 18.3 Å². The average molecular weight is 134 g/mol. The summed E-state index contributed by atoms with van der Waals surface area (Å²) in [5, 5.41) is 0. The Labute approximate surface area is 63.3 Å². The first-order valence-electron chi connectivity index (χ1n) is 3.93. The molecule has 0 radical (unpaired) electrons. The van der Waals surface area contributed by atoms with Crippen molar-refractivity contribution in [2.45, 2.75) is 32.1 Å². The van der Waals surface area contributed by atoms with Crippen molar-refractivity contribution in [3.63, 3.8) is 0 Å². The van der Waals surface area contributed by atoms with Gasteiger partial charge in [-0.05, 0) is 31.6 Å². The van der Waals surface area contributed by atoms with Crippen LogP contribution in [0.4, 0.5) is 0 Å². The highest BCUT2D eigenvalue weighted by Crippen LogP contribution is 2.28. The fraction of sp³-hybridized carbons (Fsp3) is 0.600. The van der Waals surface area contributed by atoms with Crippen molar-refractivity contribution >= 4 is 0 Å². The Hall–Kier alpha value is -0.700. The van der Waals surface area contributed by atoms with Gasteiger partial charge in [-0.3, -0.25) is 0 Å². The minimum absolute atomic E-state index is 0.742. The first-order chi connectivity index (χ1) is 4.83. The lowest BCUT2D eigenvalue weighted by molar-refractivity contribution is 0.428. The molecule has 0 amide bonds. The van der Waals surface area contributed by atoms with Gasteiger partial charge < -0.3 is 0 Å². The summed E-state index contributed by atoms with van der Waals surface area (Å²) < 4.78 is 0. The highest BCUT2D eigenvalue weighted by molar-refractivity contribution is 5.01. The molecule has 0 nitrogen and oxygen atoms in total. The van der Waals surface area contributed by atoms with Gasteiger partial charge in [0.05, 0.1) is 0 Å². The molecule has 1 rings (SSSR count). The zero-order valence-corrected chi connectivity index (χ0v) is 6.40. The molecular weight excluding hydrogens is 120 g/mol. The van der Waals surface area contributed by atoms with Gasteiger partial charge in [-0.15, -0.1) is 12.3 Å². The number of terminal acetylenes is 1. The summed E-state index contributed by atoms with van der Waals surface area (Å²) in [7, 11) is 0. The second-order valence-electron chi connectivity index (χ2n) is 3.12. The van der Waals surface area contributed by atoms with Crippen molar-refractivity contribution in [2.75, 3.05) is 0 Å². The van der Waals surface area contributed by atoms with Crippen LogP contribution in [0.1, 0.15) is 32.1 Å². The van der Waals surface area contributed by atoms with E-state index in [-0.39, 0.29) is 0 Å². The van der Waals surface area contributed by atoms with Gasteiger partial charge in [-0.1, -0.05) is 12.2 Å². The molecule has 1 atom stereocenters. The van der Waals surface area contributed by atoms with Crippen molar-refractivity contribution < 1.29 is 0 Å². The molecule has 0 spiro atoms. The minimum Gasteiger partial charge on any atom is -0.120 e. The van der Waals surface area contributed by atoms with Crippen molar-refractivity contribution in [1.82, 2.24) is 0 Å². The van der Waals surface area contributed by atoms with Crippen molar-refractivity contribution in [3.8, 4) is 12.3 Å². The average Bonchev–Trinajstić information content (AvgIpc) is 1.88. The Balaban J connectivity index is 2.34. The van der Waals surface area contributed by atoms with Gasteiger partial charge in [0.1, 0.15) is 0 Å². The Morgan fingerprint density at radius 3 is 3.10 bits per heavy atom. The topological polar surface area (TPSA) is 0 Å². The van der Waals surface area contributed by atoms with Gasteiger partial charge in [0.2, 0.25) is 0 Å². The summed E-state index contributed by atoms with van der Waals surface area (Å²) in [5.74, 6) is 3.46. The summed E-state index contributed by atoms with van der Waals surface area (Å²) in [6, 6.07) is 0. The third-order valence-electron chi connectivity index (χ3n) is 2.13. The summed E-state index contributed by atoms with van der Waals surface area (Å²) in [6.45, 7) is 3.98. The lowest BCUT2D eigenvalue weighted by atomic mass is 9.84. The van der Waals surface area contributed by atoms with Gasteiger partial charge in [0.15, 0.2) is 0 Å². The van der Waals surface area contributed by atoms with E-state index >= 15 is 0 Å². The van der Waals surface area contributed by atoms with E-state index in [1.54, 1.807) is 0 Å². The largest absolute Gasteiger partial charge is 0.120 e. The molecule has 54 valence electrons. The van der Waals surface area contributed by atoms with Crippen LogP contribution in [0.3, 0.4) is 0 Å². The molecule has 0 N–H and O–H groups in total. The van der Waals surface area contributed by atoms with E-state index in [0.717, 1.165) is 12.3 Å². The molecule has 0 aromatic rings. The SMILES string of the molecule is C#CCC1CCCC(=C)C1. The fourth-order valence-electron chi connectivity index (χ4n) is 1.59. The normalized spacial score (nSPS) is 25.9. The molecule has 10 heavy (non-hydrogen) atoms. The maximum Gasteiger partial charge on any atom is 0.0117 e. The van der Waals surface area contributed by atoms with E-state index in [9.17, 15) is 0 Å². The predicted octanol–water partition coefficient (Wildman–Crippen LogP) is 2.76.